The predicted molar refractivity (Wildman–Crippen MR) is 189 cm³/mol. The fourth-order valence-electron chi connectivity index (χ4n) is 6.61. The molecule has 3 aliphatic rings. The summed E-state index contributed by atoms with van der Waals surface area (Å²) in [5.74, 6) is -2.47. The van der Waals surface area contributed by atoms with E-state index in [1.165, 1.54) is 4.90 Å². The van der Waals surface area contributed by atoms with Gasteiger partial charge >= 0.3 is 6.09 Å². The fourth-order valence-corrected chi connectivity index (χ4v) is 6.61. The number of carbonyl (C=O) groups excluding carboxylic acids is 4. The van der Waals surface area contributed by atoms with Crippen molar-refractivity contribution in [1.82, 2.24) is 10.2 Å². The minimum absolute atomic E-state index is 0.108. The molecule has 280 valence electrons. The Labute approximate surface area is 296 Å². The summed E-state index contributed by atoms with van der Waals surface area (Å²) in [5.41, 5.74) is -0.794. The molecule has 2 fully saturated rings. The number of piperidine rings is 1. The highest BCUT2D eigenvalue weighted by molar-refractivity contribution is 6.04. The van der Waals surface area contributed by atoms with Crippen molar-refractivity contribution in [2.75, 3.05) is 56.4 Å². The Kier molecular flexibility index (Phi) is 12.8. The molecule has 1 saturated heterocycles. The maximum atomic E-state index is 14.7. The van der Waals surface area contributed by atoms with Gasteiger partial charge in [-0.25, -0.2) is 4.79 Å². The Morgan fingerprint density at radius 3 is 2.42 bits per heavy atom. The van der Waals surface area contributed by atoms with E-state index in [2.05, 4.69) is 19.2 Å². The first-order chi connectivity index (χ1) is 23.5. The summed E-state index contributed by atoms with van der Waals surface area (Å²) in [5, 5.41) is 14.8. The number of aliphatic hydroxyl groups excluding tert-OH is 1. The van der Waals surface area contributed by atoms with E-state index < -0.39 is 47.0 Å². The van der Waals surface area contributed by atoms with Gasteiger partial charge in [0.1, 0.15) is 11.4 Å². The molecule has 13 nitrogen and oxygen atoms in total. The molecule has 1 aliphatic carbocycles. The SMILES string of the molecule is CCOC[C@@H](CC(C)C)NC(=O)[C@@H]1CN(C(=O)OC(C)(C)C)C[C@H](C(=O)N(c2ccc3c(c2)N(CCCOC)C(=O)C(C)(C)O3)C2CC2)[C@@H]1O. The van der Waals surface area contributed by atoms with Crippen LogP contribution in [0.25, 0.3) is 0 Å². The number of nitrogens with one attached hydrogen (secondary N) is 1. The number of hydrogen-bond acceptors (Lipinski definition) is 9. The molecule has 0 spiro atoms. The van der Waals surface area contributed by atoms with Gasteiger partial charge in [-0.15, -0.1) is 0 Å². The molecule has 0 unspecified atom stereocenters. The molecule has 1 aromatic rings. The van der Waals surface area contributed by atoms with Crippen LogP contribution >= 0.6 is 0 Å². The van der Waals surface area contributed by atoms with E-state index in [9.17, 15) is 24.3 Å². The van der Waals surface area contributed by atoms with Crippen LogP contribution in [0.4, 0.5) is 16.2 Å². The van der Waals surface area contributed by atoms with Crippen molar-refractivity contribution in [3.05, 3.63) is 18.2 Å². The van der Waals surface area contributed by atoms with Crippen molar-refractivity contribution in [1.29, 1.82) is 0 Å². The zero-order valence-corrected chi connectivity index (χ0v) is 31.3. The third-order valence-corrected chi connectivity index (χ3v) is 9.11. The number of rotatable bonds is 14. The molecule has 1 saturated carbocycles. The first kappa shape index (κ1) is 39.4. The number of amides is 4. The van der Waals surface area contributed by atoms with Gasteiger partial charge in [-0.05, 0) is 91.3 Å². The van der Waals surface area contributed by atoms with E-state index in [0.717, 1.165) is 12.8 Å². The van der Waals surface area contributed by atoms with Crippen LogP contribution in [-0.4, -0.2) is 110 Å². The predicted octanol–water partition coefficient (Wildman–Crippen LogP) is 4.13. The number of fused-ring (bicyclic) bond motifs is 1. The molecule has 2 heterocycles. The number of benzene rings is 1. The third kappa shape index (κ3) is 9.67. The summed E-state index contributed by atoms with van der Waals surface area (Å²) in [6.07, 6.45) is 0.729. The van der Waals surface area contributed by atoms with Gasteiger partial charge < -0.3 is 44.1 Å². The van der Waals surface area contributed by atoms with E-state index in [1.807, 2.05) is 6.92 Å². The molecule has 4 rings (SSSR count). The van der Waals surface area contributed by atoms with Gasteiger partial charge in [0.05, 0.1) is 36.3 Å². The molecule has 0 aromatic heterocycles. The standard InChI is InChI=1S/C37H58N4O9/c1-10-48-22-24(18-23(2)3)38-32(43)27-20-39(35(46)50-36(4,5)6)21-28(31(27)42)33(44)41(25-12-13-25)26-14-15-30-29(19-26)40(16-11-17-47-9)34(45)37(7,8)49-30/h14-15,19,23-25,27-28,31,42H,10-13,16-18,20-22H2,1-9H3,(H,38,43)/t24-,27-,28+,31-/m1/s1. The molecule has 4 amide bonds. The molecule has 2 aliphatic heterocycles. The van der Waals surface area contributed by atoms with Gasteiger partial charge in [0.15, 0.2) is 5.60 Å². The molecular formula is C37H58N4O9. The van der Waals surface area contributed by atoms with Crippen molar-refractivity contribution in [3.63, 3.8) is 0 Å². The van der Waals surface area contributed by atoms with Crippen molar-refractivity contribution < 1.29 is 43.2 Å². The summed E-state index contributed by atoms with van der Waals surface area (Å²) in [6, 6.07) is 4.88. The van der Waals surface area contributed by atoms with Gasteiger partial charge in [0.2, 0.25) is 11.8 Å². The Morgan fingerprint density at radius 2 is 1.82 bits per heavy atom. The first-order valence-electron chi connectivity index (χ1n) is 18.0. The van der Waals surface area contributed by atoms with Gasteiger partial charge in [-0.2, -0.15) is 0 Å². The second-order valence-corrected chi connectivity index (χ2v) is 15.6. The number of ether oxygens (including phenoxy) is 4. The highest BCUT2D eigenvalue weighted by Gasteiger charge is 2.49. The second kappa shape index (κ2) is 16.3. The normalized spacial score (nSPS) is 22.5. The number of aliphatic hydroxyl groups is 1. The largest absolute Gasteiger partial charge is 0.476 e. The molecule has 0 radical (unpaired) electrons. The zero-order chi connectivity index (χ0) is 37.0. The van der Waals surface area contributed by atoms with Crippen LogP contribution in [0, 0.1) is 17.8 Å². The van der Waals surface area contributed by atoms with E-state index in [-0.39, 0.29) is 37.0 Å². The van der Waals surface area contributed by atoms with Gasteiger partial charge in [0, 0.05) is 51.7 Å². The van der Waals surface area contributed by atoms with Crippen LogP contribution in [-0.2, 0) is 28.6 Å². The average molecular weight is 703 g/mol. The highest BCUT2D eigenvalue weighted by Crippen LogP contribution is 2.43. The topological polar surface area (TPSA) is 147 Å². The minimum Gasteiger partial charge on any atom is -0.476 e. The van der Waals surface area contributed by atoms with E-state index in [1.54, 1.807) is 69.7 Å². The molecule has 50 heavy (non-hydrogen) atoms. The number of likely N-dealkylation sites (tertiary alicyclic amines) is 1. The fraction of sp³-hybridized carbons (Fsp3) is 0.730. The van der Waals surface area contributed by atoms with Gasteiger partial charge in [-0.1, -0.05) is 13.8 Å². The zero-order valence-electron chi connectivity index (χ0n) is 31.3. The van der Waals surface area contributed by atoms with Crippen molar-refractivity contribution in [2.45, 2.75) is 110 Å². The van der Waals surface area contributed by atoms with Crippen LogP contribution in [0.15, 0.2) is 18.2 Å². The van der Waals surface area contributed by atoms with Crippen molar-refractivity contribution >= 4 is 35.2 Å². The number of methoxy groups -OCH3 is 1. The smallest absolute Gasteiger partial charge is 0.410 e. The maximum Gasteiger partial charge on any atom is 0.410 e. The molecular weight excluding hydrogens is 644 g/mol. The van der Waals surface area contributed by atoms with E-state index in [0.29, 0.717) is 56.3 Å². The van der Waals surface area contributed by atoms with E-state index >= 15 is 0 Å². The lowest BCUT2D eigenvalue weighted by molar-refractivity contribution is -0.141. The Bertz CT molecular complexity index is 1370. The number of hydrogen-bond donors (Lipinski definition) is 2. The summed E-state index contributed by atoms with van der Waals surface area (Å²) < 4.78 is 22.6. The number of nitrogens with zero attached hydrogens (tertiary/aromatic N) is 3. The Hall–Kier alpha value is -3.42. The first-order valence-corrected chi connectivity index (χ1v) is 18.0. The third-order valence-electron chi connectivity index (χ3n) is 9.11. The molecule has 2 N–H and O–H groups in total. The summed E-state index contributed by atoms with van der Waals surface area (Å²) in [7, 11) is 1.61. The second-order valence-electron chi connectivity index (χ2n) is 15.6. The Balaban J connectivity index is 1.68. The average Bonchev–Trinajstić information content (AvgIpc) is 3.86. The van der Waals surface area contributed by atoms with Crippen molar-refractivity contribution in [3.8, 4) is 5.75 Å². The lowest BCUT2D eigenvalue weighted by Crippen LogP contribution is -2.61. The summed E-state index contributed by atoms with van der Waals surface area (Å²) in [6.45, 7) is 16.1. The molecule has 0 bridgehead atoms. The number of carbonyl (C=O) groups is 4. The summed E-state index contributed by atoms with van der Waals surface area (Å²) >= 11 is 0. The van der Waals surface area contributed by atoms with E-state index in [4.69, 9.17) is 18.9 Å². The van der Waals surface area contributed by atoms with Crippen molar-refractivity contribution in [2.24, 2.45) is 17.8 Å². The highest BCUT2D eigenvalue weighted by atomic mass is 16.6. The quantitative estimate of drug-likeness (QED) is 0.273. The molecule has 4 atom stereocenters. The maximum absolute atomic E-state index is 14.7. The Morgan fingerprint density at radius 1 is 1.14 bits per heavy atom. The van der Waals surface area contributed by atoms with Gasteiger partial charge in [-0.3, -0.25) is 14.4 Å². The lowest BCUT2D eigenvalue weighted by Gasteiger charge is -2.42. The lowest BCUT2D eigenvalue weighted by atomic mass is 9.84. The van der Waals surface area contributed by atoms with Crippen LogP contribution in [0.3, 0.4) is 0 Å². The van der Waals surface area contributed by atoms with Crippen LogP contribution in [0.1, 0.15) is 81.1 Å². The van der Waals surface area contributed by atoms with Crippen LogP contribution in [0.2, 0.25) is 0 Å². The summed E-state index contributed by atoms with van der Waals surface area (Å²) in [4.78, 5) is 60.1. The molecule has 13 heteroatoms. The van der Waals surface area contributed by atoms with Crippen LogP contribution < -0.4 is 19.9 Å². The van der Waals surface area contributed by atoms with Gasteiger partial charge in [0.25, 0.3) is 5.91 Å². The minimum atomic E-state index is -1.37. The van der Waals surface area contributed by atoms with Crippen LogP contribution in [0.5, 0.6) is 5.75 Å². The number of anilines is 2. The monoisotopic (exact) mass is 702 g/mol. The molecule has 1 aromatic carbocycles.